The SMILES string of the molecule is COCC(C)CNc1ccc(C#N)cn1. The third-order valence-electron chi connectivity index (χ3n) is 1.98. The van der Waals surface area contributed by atoms with E-state index in [-0.39, 0.29) is 0 Å². The van der Waals surface area contributed by atoms with Gasteiger partial charge in [-0.2, -0.15) is 5.26 Å². The molecular weight excluding hydrogens is 190 g/mol. The maximum Gasteiger partial charge on any atom is 0.125 e. The molecule has 15 heavy (non-hydrogen) atoms. The van der Waals surface area contributed by atoms with Gasteiger partial charge in [0.1, 0.15) is 11.9 Å². The van der Waals surface area contributed by atoms with Crippen LogP contribution in [0.15, 0.2) is 18.3 Å². The Bertz CT molecular complexity index is 329. The molecule has 4 heteroatoms. The first-order valence-electron chi connectivity index (χ1n) is 4.85. The van der Waals surface area contributed by atoms with Crippen LogP contribution in [0.5, 0.6) is 0 Å². The molecule has 0 saturated carbocycles. The molecule has 0 aliphatic rings. The second-order valence-corrected chi connectivity index (χ2v) is 3.49. The molecule has 1 unspecified atom stereocenters. The van der Waals surface area contributed by atoms with Crippen molar-refractivity contribution in [1.82, 2.24) is 4.98 Å². The summed E-state index contributed by atoms with van der Waals surface area (Å²) in [4.78, 5) is 4.11. The molecule has 0 spiro atoms. The fraction of sp³-hybridized carbons (Fsp3) is 0.455. The monoisotopic (exact) mass is 205 g/mol. The van der Waals surface area contributed by atoms with Crippen molar-refractivity contribution in [2.75, 3.05) is 25.6 Å². The summed E-state index contributed by atoms with van der Waals surface area (Å²) in [6.07, 6.45) is 1.56. The maximum atomic E-state index is 8.59. The lowest BCUT2D eigenvalue weighted by Gasteiger charge is -2.11. The molecule has 80 valence electrons. The number of nitriles is 1. The summed E-state index contributed by atoms with van der Waals surface area (Å²) in [5, 5.41) is 11.8. The van der Waals surface area contributed by atoms with Crippen LogP contribution in [0.25, 0.3) is 0 Å². The number of rotatable bonds is 5. The smallest absolute Gasteiger partial charge is 0.125 e. The number of nitrogens with one attached hydrogen (secondary N) is 1. The van der Waals surface area contributed by atoms with Crippen LogP contribution in [0.4, 0.5) is 5.82 Å². The summed E-state index contributed by atoms with van der Waals surface area (Å²) in [7, 11) is 1.69. The molecule has 1 heterocycles. The molecule has 0 aliphatic heterocycles. The molecule has 1 N–H and O–H groups in total. The van der Waals surface area contributed by atoms with Gasteiger partial charge in [-0.3, -0.25) is 0 Å². The second-order valence-electron chi connectivity index (χ2n) is 3.49. The van der Waals surface area contributed by atoms with Gasteiger partial charge in [0.05, 0.1) is 12.2 Å². The van der Waals surface area contributed by atoms with Crippen molar-refractivity contribution in [3.63, 3.8) is 0 Å². The Morgan fingerprint density at radius 1 is 1.60 bits per heavy atom. The highest BCUT2D eigenvalue weighted by Crippen LogP contribution is 2.05. The summed E-state index contributed by atoms with van der Waals surface area (Å²) in [5.74, 6) is 1.23. The van der Waals surface area contributed by atoms with Crippen molar-refractivity contribution in [2.24, 2.45) is 5.92 Å². The lowest BCUT2D eigenvalue weighted by atomic mass is 10.2. The fourth-order valence-corrected chi connectivity index (χ4v) is 1.19. The molecule has 1 rings (SSSR count). The number of nitrogens with zero attached hydrogens (tertiary/aromatic N) is 2. The number of ether oxygens (including phenoxy) is 1. The van der Waals surface area contributed by atoms with Crippen molar-refractivity contribution in [2.45, 2.75) is 6.92 Å². The van der Waals surface area contributed by atoms with E-state index in [9.17, 15) is 0 Å². The molecule has 0 aliphatic carbocycles. The standard InChI is InChI=1S/C11H15N3O/c1-9(8-15-2)6-13-11-4-3-10(5-12)7-14-11/h3-4,7,9H,6,8H2,1-2H3,(H,13,14). The van der Waals surface area contributed by atoms with Gasteiger partial charge in [-0.15, -0.1) is 0 Å². The van der Waals surface area contributed by atoms with Crippen LogP contribution in [0.3, 0.4) is 0 Å². The van der Waals surface area contributed by atoms with Crippen LogP contribution >= 0.6 is 0 Å². The van der Waals surface area contributed by atoms with Crippen molar-refractivity contribution in [1.29, 1.82) is 5.26 Å². The highest BCUT2D eigenvalue weighted by atomic mass is 16.5. The molecule has 1 atom stereocenters. The molecule has 4 nitrogen and oxygen atoms in total. The average Bonchev–Trinajstić information content (AvgIpc) is 2.27. The van der Waals surface area contributed by atoms with Crippen molar-refractivity contribution in [3.8, 4) is 6.07 Å². The third kappa shape index (κ3) is 3.96. The average molecular weight is 205 g/mol. The summed E-state index contributed by atoms with van der Waals surface area (Å²) >= 11 is 0. The van der Waals surface area contributed by atoms with E-state index >= 15 is 0 Å². The number of methoxy groups -OCH3 is 1. The Morgan fingerprint density at radius 3 is 2.93 bits per heavy atom. The van der Waals surface area contributed by atoms with Gasteiger partial charge in [-0.1, -0.05) is 6.92 Å². The zero-order valence-electron chi connectivity index (χ0n) is 9.03. The Kier molecular flexibility index (Phi) is 4.58. The summed E-state index contributed by atoms with van der Waals surface area (Å²) in [6, 6.07) is 5.58. The fourth-order valence-electron chi connectivity index (χ4n) is 1.19. The van der Waals surface area contributed by atoms with E-state index in [4.69, 9.17) is 10.00 Å². The van der Waals surface area contributed by atoms with E-state index in [1.54, 1.807) is 25.4 Å². The molecule has 0 radical (unpaired) electrons. The Labute approximate surface area is 89.9 Å². The van der Waals surface area contributed by atoms with E-state index in [0.717, 1.165) is 19.0 Å². The number of anilines is 1. The van der Waals surface area contributed by atoms with Crippen LogP contribution in [-0.4, -0.2) is 25.2 Å². The first-order chi connectivity index (χ1) is 7.26. The van der Waals surface area contributed by atoms with E-state index in [1.165, 1.54) is 0 Å². The molecule has 0 amide bonds. The molecule has 0 bridgehead atoms. The van der Waals surface area contributed by atoms with Gasteiger partial charge in [0.25, 0.3) is 0 Å². The second kappa shape index (κ2) is 5.99. The van der Waals surface area contributed by atoms with Gasteiger partial charge < -0.3 is 10.1 Å². The lowest BCUT2D eigenvalue weighted by molar-refractivity contribution is 0.164. The van der Waals surface area contributed by atoms with Crippen LogP contribution in [0.1, 0.15) is 12.5 Å². The Balaban J connectivity index is 2.41. The van der Waals surface area contributed by atoms with Gasteiger partial charge in [-0.05, 0) is 18.1 Å². The zero-order valence-corrected chi connectivity index (χ0v) is 9.03. The van der Waals surface area contributed by atoms with Crippen LogP contribution in [0.2, 0.25) is 0 Å². The van der Waals surface area contributed by atoms with Gasteiger partial charge in [0, 0.05) is 19.9 Å². The largest absolute Gasteiger partial charge is 0.384 e. The van der Waals surface area contributed by atoms with Crippen LogP contribution in [-0.2, 0) is 4.74 Å². The molecule has 0 saturated heterocycles. The highest BCUT2D eigenvalue weighted by Gasteiger charge is 2.01. The summed E-state index contributed by atoms with van der Waals surface area (Å²) < 4.78 is 5.03. The molecule has 1 aromatic heterocycles. The highest BCUT2D eigenvalue weighted by molar-refractivity contribution is 5.38. The normalized spacial score (nSPS) is 11.8. The maximum absolute atomic E-state index is 8.59. The number of pyridine rings is 1. The van der Waals surface area contributed by atoms with Gasteiger partial charge in [-0.25, -0.2) is 4.98 Å². The summed E-state index contributed by atoms with van der Waals surface area (Å²) in [6.45, 7) is 3.64. The van der Waals surface area contributed by atoms with Gasteiger partial charge in [0.15, 0.2) is 0 Å². The Morgan fingerprint density at radius 2 is 2.40 bits per heavy atom. The first kappa shape index (κ1) is 11.5. The topological polar surface area (TPSA) is 57.9 Å². The van der Waals surface area contributed by atoms with E-state index in [0.29, 0.717) is 11.5 Å². The summed E-state index contributed by atoms with van der Waals surface area (Å²) in [5.41, 5.74) is 0.575. The minimum atomic E-state index is 0.437. The minimum absolute atomic E-state index is 0.437. The lowest BCUT2D eigenvalue weighted by Crippen LogP contribution is -2.16. The zero-order chi connectivity index (χ0) is 11.1. The van der Waals surface area contributed by atoms with Crippen LogP contribution in [0, 0.1) is 17.2 Å². The molecular formula is C11H15N3O. The third-order valence-corrected chi connectivity index (χ3v) is 1.98. The van der Waals surface area contributed by atoms with Crippen LogP contribution < -0.4 is 5.32 Å². The molecule has 0 fully saturated rings. The number of hydrogen-bond acceptors (Lipinski definition) is 4. The number of hydrogen-bond donors (Lipinski definition) is 1. The van der Waals surface area contributed by atoms with Gasteiger partial charge >= 0.3 is 0 Å². The predicted octanol–water partition coefficient (Wildman–Crippen LogP) is 1.65. The molecule has 0 aromatic carbocycles. The Hall–Kier alpha value is -1.60. The minimum Gasteiger partial charge on any atom is -0.384 e. The van der Waals surface area contributed by atoms with Crippen molar-refractivity contribution >= 4 is 5.82 Å². The van der Waals surface area contributed by atoms with Crippen molar-refractivity contribution < 1.29 is 4.74 Å². The molecule has 1 aromatic rings. The quantitative estimate of drug-likeness (QED) is 0.794. The van der Waals surface area contributed by atoms with Gasteiger partial charge in [0.2, 0.25) is 0 Å². The number of aromatic nitrogens is 1. The van der Waals surface area contributed by atoms with Crippen molar-refractivity contribution in [3.05, 3.63) is 23.9 Å². The van der Waals surface area contributed by atoms with E-state index in [2.05, 4.69) is 17.2 Å². The predicted molar refractivity (Wildman–Crippen MR) is 58.5 cm³/mol. The van der Waals surface area contributed by atoms with E-state index < -0.39 is 0 Å². The first-order valence-corrected chi connectivity index (χ1v) is 4.85. The van der Waals surface area contributed by atoms with E-state index in [1.807, 2.05) is 6.07 Å².